The molecule has 12 heavy (non-hydrogen) atoms. The Morgan fingerprint density at radius 2 is 2.17 bits per heavy atom. The van der Waals surface area contributed by atoms with E-state index in [0.717, 1.165) is 6.54 Å². The Bertz CT molecular complexity index is 261. The van der Waals surface area contributed by atoms with E-state index in [2.05, 4.69) is 10.6 Å². The molecule has 1 saturated heterocycles. The highest BCUT2D eigenvalue weighted by molar-refractivity contribution is 7.92. The van der Waals surface area contributed by atoms with Crippen molar-refractivity contribution in [2.24, 2.45) is 0 Å². The van der Waals surface area contributed by atoms with Crippen molar-refractivity contribution >= 4 is 27.2 Å². The maximum atomic E-state index is 10.7. The number of nitrogens with one attached hydrogen (secondary N) is 2. The van der Waals surface area contributed by atoms with Crippen LogP contribution < -0.4 is 10.6 Å². The highest BCUT2D eigenvalue weighted by atomic mass is 32.2. The van der Waals surface area contributed by atoms with Gasteiger partial charge in [0.15, 0.2) is 14.9 Å². The molecule has 70 valence electrons. The standard InChI is InChI=1S/C6H12N2O2S2/c1-2-7-6(11)8-5-3-12(9,10)4-5/h5H,2-4H2,1H3,(H2,7,8,11). The fourth-order valence-electron chi connectivity index (χ4n) is 1.04. The summed E-state index contributed by atoms with van der Waals surface area (Å²) in [5.74, 6) is 0.414. The van der Waals surface area contributed by atoms with Crippen molar-refractivity contribution in [2.75, 3.05) is 18.1 Å². The van der Waals surface area contributed by atoms with Crippen molar-refractivity contribution in [1.82, 2.24) is 10.6 Å². The molecular formula is C6H12N2O2S2. The van der Waals surface area contributed by atoms with Crippen LogP contribution in [0.5, 0.6) is 0 Å². The van der Waals surface area contributed by atoms with Crippen LogP contribution in [0.2, 0.25) is 0 Å². The normalized spacial score (nSPS) is 21.1. The van der Waals surface area contributed by atoms with Crippen LogP contribution >= 0.6 is 12.2 Å². The second-order valence-corrected chi connectivity index (χ2v) is 5.34. The first-order chi connectivity index (χ1) is 5.53. The third kappa shape index (κ3) is 2.60. The van der Waals surface area contributed by atoms with E-state index >= 15 is 0 Å². The zero-order valence-electron chi connectivity index (χ0n) is 6.83. The lowest BCUT2D eigenvalue weighted by Gasteiger charge is -2.27. The summed E-state index contributed by atoms with van der Waals surface area (Å²) in [7, 11) is -2.74. The van der Waals surface area contributed by atoms with Crippen LogP contribution in [-0.4, -0.2) is 37.6 Å². The molecule has 0 bridgehead atoms. The van der Waals surface area contributed by atoms with Gasteiger partial charge in [-0.25, -0.2) is 8.42 Å². The Morgan fingerprint density at radius 3 is 2.58 bits per heavy atom. The predicted octanol–water partition coefficient (Wildman–Crippen LogP) is -0.733. The van der Waals surface area contributed by atoms with Gasteiger partial charge in [0.25, 0.3) is 0 Å². The topological polar surface area (TPSA) is 58.2 Å². The summed E-state index contributed by atoms with van der Waals surface area (Å²) in [5.41, 5.74) is 0. The van der Waals surface area contributed by atoms with E-state index in [1.807, 2.05) is 6.92 Å². The van der Waals surface area contributed by atoms with Crippen LogP contribution in [-0.2, 0) is 9.84 Å². The quantitative estimate of drug-likeness (QED) is 0.586. The molecule has 0 unspecified atom stereocenters. The number of sulfone groups is 1. The first-order valence-electron chi connectivity index (χ1n) is 3.78. The number of rotatable bonds is 2. The predicted molar refractivity (Wildman–Crippen MR) is 51.9 cm³/mol. The Hall–Kier alpha value is -0.360. The van der Waals surface area contributed by atoms with Crippen LogP contribution in [0.25, 0.3) is 0 Å². The van der Waals surface area contributed by atoms with Crippen LogP contribution in [0.15, 0.2) is 0 Å². The molecule has 0 amide bonds. The van der Waals surface area contributed by atoms with Gasteiger partial charge in [0.2, 0.25) is 0 Å². The maximum Gasteiger partial charge on any atom is 0.166 e. The Balaban J connectivity index is 2.23. The van der Waals surface area contributed by atoms with Gasteiger partial charge in [-0.3, -0.25) is 0 Å². The van der Waals surface area contributed by atoms with E-state index in [4.69, 9.17) is 12.2 Å². The Labute approximate surface area is 77.6 Å². The minimum Gasteiger partial charge on any atom is -0.363 e. The Kier molecular flexibility index (Phi) is 2.89. The third-order valence-electron chi connectivity index (χ3n) is 1.58. The highest BCUT2D eigenvalue weighted by Gasteiger charge is 2.33. The van der Waals surface area contributed by atoms with Crippen LogP contribution in [0.1, 0.15) is 6.92 Å². The van der Waals surface area contributed by atoms with Crippen LogP contribution in [0.3, 0.4) is 0 Å². The number of thiocarbonyl (C=S) groups is 1. The second kappa shape index (κ2) is 3.57. The van der Waals surface area contributed by atoms with Crippen molar-refractivity contribution in [2.45, 2.75) is 13.0 Å². The van der Waals surface area contributed by atoms with Crippen molar-refractivity contribution in [3.8, 4) is 0 Å². The third-order valence-corrected chi connectivity index (χ3v) is 3.67. The van der Waals surface area contributed by atoms with Gasteiger partial charge in [-0.05, 0) is 19.1 Å². The molecule has 0 saturated carbocycles. The minimum absolute atomic E-state index is 0.0153. The first kappa shape index (κ1) is 9.73. The fourth-order valence-corrected chi connectivity index (χ4v) is 2.65. The SMILES string of the molecule is CCNC(=S)NC1CS(=O)(=O)C1. The van der Waals surface area contributed by atoms with Crippen LogP contribution in [0.4, 0.5) is 0 Å². The molecule has 2 N–H and O–H groups in total. The average molecular weight is 208 g/mol. The zero-order valence-corrected chi connectivity index (χ0v) is 8.46. The molecule has 1 rings (SSSR count). The minimum atomic E-state index is -2.74. The molecule has 0 radical (unpaired) electrons. The average Bonchev–Trinajstić information content (AvgIpc) is 1.83. The van der Waals surface area contributed by atoms with Crippen molar-refractivity contribution in [1.29, 1.82) is 0 Å². The Morgan fingerprint density at radius 1 is 1.58 bits per heavy atom. The van der Waals surface area contributed by atoms with Crippen LogP contribution in [0, 0.1) is 0 Å². The lowest BCUT2D eigenvalue weighted by molar-refractivity contribution is 0.549. The molecule has 6 heteroatoms. The first-order valence-corrected chi connectivity index (χ1v) is 6.01. The zero-order chi connectivity index (χ0) is 9.19. The molecule has 0 aromatic rings. The number of hydrogen-bond acceptors (Lipinski definition) is 3. The van der Waals surface area contributed by atoms with E-state index < -0.39 is 9.84 Å². The maximum absolute atomic E-state index is 10.7. The summed E-state index contributed by atoms with van der Waals surface area (Å²) >= 11 is 4.89. The summed E-state index contributed by atoms with van der Waals surface area (Å²) in [6.07, 6.45) is 0. The fraction of sp³-hybridized carbons (Fsp3) is 0.833. The van der Waals surface area contributed by atoms with Crippen molar-refractivity contribution < 1.29 is 8.42 Å². The molecule has 0 aromatic carbocycles. The van der Waals surface area contributed by atoms with E-state index in [9.17, 15) is 8.42 Å². The van der Waals surface area contributed by atoms with Gasteiger partial charge in [-0.15, -0.1) is 0 Å². The lowest BCUT2D eigenvalue weighted by atomic mass is 10.4. The largest absolute Gasteiger partial charge is 0.363 e. The van der Waals surface area contributed by atoms with Gasteiger partial charge < -0.3 is 10.6 Å². The van der Waals surface area contributed by atoms with Crippen molar-refractivity contribution in [3.63, 3.8) is 0 Å². The van der Waals surface area contributed by atoms with Gasteiger partial charge in [0.1, 0.15) is 0 Å². The van der Waals surface area contributed by atoms with Crippen molar-refractivity contribution in [3.05, 3.63) is 0 Å². The molecule has 1 aliphatic rings. The molecular weight excluding hydrogens is 196 g/mol. The molecule has 1 heterocycles. The van der Waals surface area contributed by atoms with Gasteiger partial charge in [0, 0.05) is 6.54 Å². The summed E-state index contributed by atoms with van der Waals surface area (Å²) < 4.78 is 21.5. The monoisotopic (exact) mass is 208 g/mol. The van der Waals surface area contributed by atoms with Gasteiger partial charge in [-0.1, -0.05) is 0 Å². The molecule has 0 aromatic heterocycles. The van der Waals surface area contributed by atoms with E-state index in [1.54, 1.807) is 0 Å². The molecule has 0 spiro atoms. The van der Waals surface area contributed by atoms with Gasteiger partial charge >= 0.3 is 0 Å². The number of hydrogen-bond donors (Lipinski definition) is 2. The van der Waals surface area contributed by atoms with E-state index in [-0.39, 0.29) is 17.5 Å². The molecule has 0 atom stereocenters. The second-order valence-electron chi connectivity index (χ2n) is 2.78. The molecule has 4 nitrogen and oxygen atoms in total. The van der Waals surface area contributed by atoms with Gasteiger partial charge in [-0.2, -0.15) is 0 Å². The molecule has 1 aliphatic heterocycles. The highest BCUT2D eigenvalue weighted by Crippen LogP contribution is 2.09. The summed E-state index contributed by atoms with van der Waals surface area (Å²) in [4.78, 5) is 0. The summed E-state index contributed by atoms with van der Waals surface area (Å²) in [6, 6.07) is 0.0153. The smallest absolute Gasteiger partial charge is 0.166 e. The van der Waals surface area contributed by atoms with E-state index in [1.165, 1.54) is 0 Å². The summed E-state index contributed by atoms with van der Waals surface area (Å²) in [6.45, 7) is 2.69. The molecule has 1 fully saturated rings. The summed E-state index contributed by atoms with van der Waals surface area (Å²) in [5, 5.41) is 6.35. The van der Waals surface area contributed by atoms with E-state index in [0.29, 0.717) is 5.11 Å². The van der Waals surface area contributed by atoms with Gasteiger partial charge in [0.05, 0.1) is 17.5 Å². The molecule has 0 aliphatic carbocycles. The lowest BCUT2D eigenvalue weighted by Crippen LogP contribution is -2.55.